The Balaban J connectivity index is 2.46. The summed E-state index contributed by atoms with van der Waals surface area (Å²) in [6.45, 7) is 5.99. The van der Waals surface area contributed by atoms with Crippen molar-refractivity contribution in [3.8, 4) is 11.1 Å². The highest BCUT2D eigenvalue weighted by Crippen LogP contribution is 2.22. The van der Waals surface area contributed by atoms with E-state index in [1.807, 2.05) is 13.0 Å². The minimum absolute atomic E-state index is 1.10. The molecule has 0 aliphatic heterocycles. The van der Waals surface area contributed by atoms with Crippen molar-refractivity contribution in [3.05, 3.63) is 66.7 Å². The Morgan fingerprint density at radius 2 is 1.53 bits per heavy atom. The second-order valence-corrected chi connectivity index (χ2v) is 3.73. The fourth-order valence-corrected chi connectivity index (χ4v) is 1.59. The van der Waals surface area contributed by atoms with E-state index in [1.165, 1.54) is 16.7 Å². The van der Waals surface area contributed by atoms with E-state index in [0.717, 1.165) is 5.57 Å². The van der Waals surface area contributed by atoms with Crippen LogP contribution in [0.2, 0.25) is 0 Å². The van der Waals surface area contributed by atoms with E-state index in [9.17, 15) is 0 Å². The van der Waals surface area contributed by atoms with E-state index < -0.39 is 0 Å². The van der Waals surface area contributed by atoms with E-state index >= 15 is 0 Å². The lowest BCUT2D eigenvalue weighted by Crippen LogP contribution is -1.81. The van der Waals surface area contributed by atoms with E-state index in [4.69, 9.17) is 0 Å². The van der Waals surface area contributed by atoms with Crippen LogP contribution in [-0.2, 0) is 0 Å². The molecule has 0 spiro atoms. The third-order valence-corrected chi connectivity index (χ3v) is 2.46. The maximum Gasteiger partial charge on any atom is -0.0178 e. The van der Waals surface area contributed by atoms with Crippen molar-refractivity contribution in [1.29, 1.82) is 0 Å². The van der Waals surface area contributed by atoms with E-state index in [2.05, 4.69) is 55.1 Å². The molecule has 0 unspecified atom stereocenters. The van der Waals surface area contributed by atoms with Crippen LogP contribution in [0.5, 0.6) is 0 Å². The summed E-state index contributed by atoms with van der Waals surface area (Å²) in [6.07, 6.45) is 0. The smallest absolute Gasteiger partial charge is 0.0178 e. The summed E-state index contributed by atoms with van der Waals surface area (Å²) in [4.78, 5) is 0. The van der Waals surface area contributed by atoms with Crippen LogP contribution in [0.25, 0.3) is 16.7 Å². The third kappa shape index (κ3) is 2.16. The number of hydrogen-bond acceptors (Lipinski definition) is 0. The molecule has 0 N–H and O–H groups in total. The summed E-state index contributed by atoms with van der Waals surface area (Å²) in [5.41, 5.74) is 4.81. The Labute approximate surface area is 90.9 Å². The predicted octanol–water partition coefficient (Wildman–Crippen LogP) is 4.39. The van der Waals surface area contributed by atoms with Gasteiger partial charge in [-0.1, -0.05) is 60.7 Å². The van der Waals surface area contributed by atoms with Gasteiger partial charge < -0.3 is 0 Å². The number of benzene rings is 2. The molecule has 0 radical (unpaired) electrons. The molecular formula is C15H14. The van der Waals surface area contributed by atoms with Gasteiger partial charge in [0.05, 0.1) is 0 Å². The second-order valence-electron chi connectivity index (χ2n) is 3.73. The van der Waals surface area contributed by atoms with Crippen molar-refractivity contribution >= 4 is 5.57 Å². The number of rotatable bonds is 2. The average molecular weight is 194 g/mol. The zero-order valence-corrected chi connectivity index (χ0v) is 8.90. The van der Waals surface area contributed by atoms with Gasteiger partial charge in [0.2, 0.25) is 0 Å². The van der Waals surface area contributed by atoms with Crippen molar-refractivity contribution in [3.63, 3.8) is 0 Å². The van der Waals surface area contributed by atoms with Gasteiger partial charge >= 0.3 is 0 Å². The normalized spacial score (nSPS) is 9.93. The zero-order chi connectivity index (χ0) is 10.7. The largest absolute Gasteiger partial charge is 0.0955 e. The standard InChI is InChI=1S/C15H14/c1-12(2)14-9-6-10-15(11-14)13-7-4-3-5-8-13/h3-11H,1H2,2H3. The molecule has 2 rings (SSSR count). The van der Waals surface area contributed by atoms with Gasteiger partial charge in [-0.15, -0.1) is 0 Å². The Kier molecular flexibility index (Phi) is 2.68. The first-order valence-electron chi connectivity index (χ1n) is 5.09. The lowest BCUT2D eigenvalue weighted by Gasteiger charge is -2.04. The molecule has 0 aliphatic carbocycles. The predicted molar refractivity (Wildman–Crippen MR) is 66.6 cm³/mol. The molecule has 2 aromatic carbocycles. The molecule has 0 nitrogen and oxygen atoms in total. The highest BCUT2D eigenvalue weighted by molar-refractivity contribution is 5.70. The van der Waals surface area contributed by atoms with Gasteiger partial charge in [-0.25, -0.2) is 0 Å². The minimum Gasteiger partial charge on any atom is -0.0955 e. The molecule has 0 aliphatic rings. The van der Waals surface area contributed by atoms with Gasteiger partial charge in [0.1, 0.15) is 0 Å². The summed E-state index contributed by atoms with van der Waals surface area (Å²) >= 11 is 0. The number of allylic oxidation sites excluding steroid dienone is 1. The quantitative estimate of drug-likeness (QED) is 0.665. The molecule has 0 heterocycles. The first-order valence-corrected chi connectivity index (χ1v) is 5.09. The zero-order valence-electron chi connectivity index (χ0n) is 8.90. The first-order chi connectivity index (χ1) is 7.27. The highest BCUT2D eigenvalue weighted by Gasteiger charge is 1.98. The summed E-state index contributed by atoms with van der Waals surface area (Å²) < 4.78 is 0. The fraction of sp³-hybridized carbons (Fsp3) is 0.0667. The molecule has 0 atom stereocenters. The van der Waals surface area contributed by atoms with Crippen LogP contribution in [0.15, 0.2) is 61.2 Å². The van der Waals surface area contributed by atoms with Crippen LogP contribution in [0.1, 0.15) is 12.5 Å². The molecule has 0 heteroatoms. The van der Waals surface area contributed by atoms with Crippen LogP contribution in [0.4, 0.5) is 0 Å². The molecule has 0 saturated heterocycles. The van der Waals surface area contributed by atoms with Crippen LogP contribution in [0.3, 0.4) is 0 Å². The lowest BCUT2D eigenvalue weighted by molar-refractivity contribution is 1.55. The molecule has 0 saturated carbocycles. The van der Waals surface area contributed by atoms with E-state index in [-0.39, 0.29) is 0 Å². The SMILES string of the molecule is C=C(C)c1cccc(-c2ccccc2)c1. The highest BCUT2D eigenvalue weighted by atomic mass is 14.0. The van der Waals surface area contributed by atoms with Gasteiger partial charge in [0, 0.05) is 0 Å². The van der Waals surface area contributed by atoms with Crippen LogP contribution >= 0.6 is 0 Å². The molecule has 0 aromatic heterocycles. The van der Waals surface area contributed by atoms with E-state index in [0.29, 0.717) is 0 Å². The van der Waals surface area contributed by atoms with Crippen molar-refractivity contribution in [2.24, 2.45) is 0 Å². The Morgan fingerprint density at radius 3 is 2.20 bits per heavy atom. The summed E-state index contributed by atoms with van der Waals surface area (Å²) in [7, 11) is 0. The Morgan fingerprint density at radius 1 is 0.867 bits per heavy atom. The van der Waals surface area contributed by atoms with E-state index in [1.54, 1.807) is 0 Å². The maximum atomic E-state index is 3.96. The van der Waals surface area contributed by atoms with Crippen LogP contribution in [0, 0.1) is 0 Å². The lowest BCUT2D eigenvalue weighted by atomic mass is 10.0. The molecule has 15 heavy (non-hydrogen) atoms. The van der Waals surface area contributed by atoms with Gasteiger partial charge in [-0.2, -0.15) is 0 Å². The summed E-state index contributed by atoms with van der Waals surface area (Å²) in [5.74, 6) is 0. The second kappa shape index (κ2) is 4.14. The monoisotopic (exact) mass is 194 g/mol. The molecule has 0 bridgehead atoms. The Hall–Kier alpha value is -1.82. The minimum atomic E-state index is 1.10. The molecular weight excluding hydrogens is 180 g/mol. The fourth-order valence-electron chi connectivity index (χ4n) is 1.59. The third-order valence-electron chi connectivity index (χ3n) is 2.46. The topological polar surface area (TPSA) is 0 Å². The molecule has 0 fully saturated rings. The Bertz CT molecular complexity index is 466. The van der Waals surface area contributed by atoms with Gasteiger partial charge in [0.15, 0.2) is 0 Å². The van der Waals surface area contributed by atoms with Crippen molar-refractivity contribution in [1.82, 2.24) is 0 Å². The van der Waals surface area contributed by atoms with Crippen molar-refractivity contribution in [2.75, 3.05) is 0 Å². The van der Waals surface area contributed by atoms with Crippen LogP contribution in [-0.4, -0.2) is 0 Å². The van der Waals surface area contributed by atoms with Crippen molar-refractivity contribution in [2.45, 2.75) is 6.92 Å². The molecule has 74 valence electrons. The molecule has 2 aromatic rings. The number of hydrogen-bond donors (Lipinski definition) is 0. The first kappa shape index (κ1) is 9.72. The van der Waals surface area contributed by atoms with Crippen LogP contribution < -0.4 is 0 Å². The van der Waals surface area contributed by atoms with Gasteiger partial charge in [0.25, 0.3) is 0 Å². The summed E-state index contributed by atoms with van der Waals surface area (Å²) in [5, 5.41) is 0. The molecule has 0 amide bonds. The van der Waals surface area contributed by atoms with Gasteiger partial charge in [-0.05, 0) is 29.7 Å². The maximum absolute atomic E-state index is 3.96. The average Bonchev–Trinajstić information content (AvgIpc) is 2.30. The summed E-state index contributed by atoms with van der Waals surface area (Å²) in [6, 6.07) is 18.9. The van der Waals surface area contributed by atoms with Crippen molar-refractivity contribution < 1.29 is 0 Å². The van der Waals surface area contributed by atoms with Gasteiger partial charge in [-0.3, -0.25) is 0 Å².